The third kappa shape index (κ3) is 1.82. The topological polar surface area (TPSA) is 45.8 Å². The summed E-state index contributed by atoms with van der Waals surface area (Å²) in [7, 11) is 0. The van der Waals surface area contributed by atoms with Crippen LogP contribution in [0, 0.1) is 0 Å². The quantitative estimate of drug-likeness (QED) is 0.810. The second-order valence-electron chi connectivity index (χ2n) is 4.09. The number of carbonyl (C=O) groups excluding carboxylic acids is 1. The van der Waals surface area contributed by atoms with Crippen LogP contribution in [0.1, 0.15) is 28.6 Å². The highest BCUT2D eigenvalue weighted by Gasteiger charge is 2.30. The van der Waals surface area contributed by atoms with Crippen molar-refractivity contribution >= 4 is 12.1 Å². The largest absolute Gasteiger partial charge is 0.459 e. The van der Waals surface area contributed by atoms with Crippen LogP contribution >= 0.6 is 0 Å². The highest BCUT2D eigenvalue weighted by molar-refractivity contribution is 5.92. The highest BCUT2D eigenvalue weighted by Crippen LogP contribution is 2.29. The second-order valence-corrected chi connectivity index (χ2v) is 4.09. The Kier molecular flexibility index (Phi) is 2.68. The Labute approximate surface area is 105 Å². The Balaban J connectivity index is 1.88. The molecule has 1 aliphatic heterocycles. The molecular weight excluding hydrogens is 228 g/mol. The number of hydrogen-bond acceptors (Lipinski definition) is 3. The Morgan fingerprint density at radius 3 is 2.78 bits per heavy atom. The molecule has 18 heavy (non-hydrogen) atoms. The first-order valence-electron chi connectivity index (χ1n) is 5.81. The zero-order chi connectivity index (χ0) is 12.4. The maximum Gasteiger partial charge on any atom is 0.310 e. The lowest BCUT2D eigenvalue weighted by Gasteiger charge is -2.21. The molecule has 2 aromatic rings. The summed E-state index contributed by atoms with van der Waals surface area (Å²) in [6, 6.07) is 13.2. The minimum atomic E-state index is -0.206. The van der Waals surface area contributed by atoms with E-state index in [1.165, 1.54) is 11.3 Å². The third-order valence-corrected chi connectivity index (χ3v) is 2.95. The molecule has 0 aliphatic carbocycles. The van der Waals surface area contributed by atoms with Gasteiger partial charge in [0.2, 0.25) is 0 Å². The van der Waals surface area contributed by atoms with Gasteiger partial charge in [-0.3, -0.25) is 4.79 Å². The van der Waals surface area contributed by atoms with Crippen LogP contribution in [-0.2, 0) is 0 Å². The summed E-state index contributed by atoms with van der Waals surface area (Å²) in [5.74, 6) is 0.109. The molecule has 1 amide bonds. The Morgan fingerprint density at radius 2 is 2.06 bits per heavy atom. The fourth-order valence-electron chi connectivity index (χ4n) is 2.07. The zero-order valence-corrected chi connectivity index (χ0v) is 9.69. The van der Waals surface area contributed by atoms with Gasteiger partial charge in [-0.1, -0.05) is 30.3 Å². The average molecular weight is 240 g/mol. The van der Waals surface area contributed by atoms with Crippen molar-refractivity contribution in [1.82, 2.24) is 5.01 Å². The molecule has 0 fully saturated rings. The lowest BCUT2D eigenvalue weighted by Crippen LogP contribution is -2.26. The summed E-state index contributed by atoms with van der Waals surface area (Å²) in [6.45, 7) is 0. The Bertz CT molecular complexity index is 561. The zero-order valence-electron chi connectivity index (χ0n) is 9.69. The van der Waals surface area contributed by atoms with E-state index in [1.807, 2.05) is 30.3 Å². The van der Waals surface area contributed by atoms with Gasteiger partial charge >= 0.3 is 5.91 Å². The van der Waals surface area contributed by atoms with Crippen molar-refractivity contribution in [3.8, 4) is 0 Å². The third-order valence-electron chi connectivity index (χ3n) is 2.95. The van der Waals surface area contributed by atoms with Crippen LogP contribution in [0.25, 0.3) is 0 Å². The fraction of sp³-hybridized carbons (Fsp3) is 0.143. The average Bonchev–Trinajstić information content (AvgIpc) is 3.10. The lowest BCUT2D eigenvalue weighted by atomic mass is 10.0. The molecule has 1 aromatic heterocycles. The summed E-state index contributed by atoms with van der Waals surface area (Å²) in [5.41, 5.74) is 1.08. The van der Waals surface area contributed by atoms with E-state index in [9.17, 15) is 4.79 Å². The van der Waals surface area contributed by atoms with E-state index >= 15 is 0 Å². The summed E-state index contributed by atoms with van der Waals surface area (Å²) < 4.78 is 5.13. The van der Waals surface area contributed by atoms with Gasteiger partial charge in [-0.15, -0.1) is 0 Å². The van der Waals surface area contributed by atoms with Crippen LogP contribution < -0.4 is 0 Å². The molecule has 1 atom stereocenters. The van der Waals surface area contributed by atoms with Gasteiger partial charge in [-0.25, -0.2) is 5.01 Å². The molecule has 0 bridgehead atoms. The van der Waals surface area contributed by atoms with Crippen molar-refractivity contribution in [2.45, 2.75) is 12.5 Å². The number of nitrogens with zero attached hydrogens (tertiary/aromatic N) is 2. The van der Waals surface area contributed by atoms with Crippen LogP contribution in [0.15, 0.2) is 58.2 Å². The second kappa shape index (κ2) is 4.49. The predicted octanol–water partition coefficient (Wildman–Crippen LogP) is 2.85. The van der Waals surface area contributed by atoms with Gasteiger partial charge in [0.25, 0.3) is 0 Å². The lowest BCUT2D eigenvalue weighted by molar-refractivity contribution is 0.0678. The molecular formula is C14H12N2O2. The molecule has 4 nitrogen and oxygen atoms in total. The van der Waals surface area contributed by atoms with Gasteiger partial charge in [-0.05, 0) is 17.7 Å². The molecule has 0 spiro atoms. The van der Waals surface area contributed by atoms with Crippen molar-refractivity contribution < 1.29 is 9.21 Å². The van der Waals surface area contributed by atoms with E-state index in [-0.39, 0.29) is 11.9 Å². The SMILES string of the molecule is O=C(c1ccco1)N1N=CC[C@H]1c1ccccc1. The number of amides is 1. The monoisotopic (exact) mass is 240 g/mol. The predicted molar refractivity (Wildman–Crippen MR) is 67.2 cm³/mol. The maximum atomic E-state index is 12.2. The molecule has 3 rings (SSSR count). The first-order valence-corrected chi connectivity index (χ1v) is 5.81. The minimum absolute atomic E-state index is 0.0381. The van der Waals surface area contributed by atoms with E-state index in [1.54, 1.807) is 18.3 Å². The molecule has 4 heteroatoms. The van der Waals surface area contributed by atoms with Crippen LogP contribution in [0.2, 0.25) is 0 Å². The number of furan rings is 1. The van der Waals surface area contributed by atoms with E-state index in [0.717, 1.165) is 12.0 Å². The fourth-order valence-corrected chi connectivity index (χ4v) is 2.07. The van der Waals surface area contributed by atoms with Gasteiger partial charge in [0.1, 0.15) is 0 Å². The van der Waals surface area contributed by atoms with Crippen molar-refractivity contribution in [2.75, 3.05) is 0 Å². The Hall–Kier alpha value is -2.36. The molecule has 0 saturated carbocycles. The number of hydrogen-bond donors (Lipinski definition) is 0. The molecule has 0 radical (unpaired) electrons. The van der Waals surface area contributed by atoms with Gasteiger partial charge in [-0.2, -0.15) is 5.10 Å². The molecule has 0 saturated heterocycles. The maximum absolute atomic E-state index is 12.2. The first-order chi connectivity index (χ1) is 8.86. The standard InChI is InChI=1S/C14H12N2O2/c17-14(13-7-4-10-18-13)16-12(8-9-15-16)11-5-2-1-3-6-11/h1-7,9-10,12H,8H2/t12-/m0/s1. The van der Waals surface area contributed by atoms with Gasteiger partial charge in [0.15, 0.2) is 5.76 Å². The smallest absolute Gasteiger partial charge is 0.310 e. The van der Waals surface area contributed by atoms with Gasteiger partial charge < -0.3 is 4.42 Å². The summed E-state index contributed by atoms with van der Waals surface area (Å²) in [4.78, 5) is 12.2. The summed E-state index contributed by atoms with van der Waals surface area (Å²) in [5, 5.41) is 5.63. The molecule has 1 aliphatic rings. The van der Waals surface area contributed by atoms with Crippen LogP contribution in [0.5, 0.6) is 0 Å². The first kappa shape index (κ1) is 10.8. The number of benzene rings is 1. The van der Waals surface area contributed by atoms with Gasteiger partial charge in [0.05, 0.1) is 12.3 Å². The summed E-state index contributed by atoms with van der Waals surface area (Å²) >= 11 is 0. The van der Waals surface area contributed by atoms with E-state index < -0.39 is 0 Å². The highest BCUT2D eigenvalue weighted by atomic mass is 16.3. The van der Waals surface area contributed by atoms with Crippen molar-refractivity contribution in [3.05, 3.63) is 60.1 Å². The van der Waals surface area contributed by atoms with Gasteiger partial charge in [0, 0.05) is 12.6 Å². The van der Waals surface area contributed by atoms with E-state index in [4.69, 9.17) is 4.42 Å². The van der Waals surface area contributed by atoms with Crippen molar-refractivity contribution in [2.24, 2.45) is 5.10 Å². The molecule has 0 unspecified atom stereocenters. The summed E-state index contributed by atoms with van der Waals surface area (Å²) in [6.07, 6.45) is 3.99. The number of hydrazone groups is 1. The Morgan fingerprint density at radius 1 is 1.22 bits per heavy atom. The van der Waals surface area contributed by atoms with E-state index in [0.29, 0.717) is 5.76 Å². The van der Waals surface area contributed by atoms with Crippen LogP contribution in [-0.4, -0.2) is 17.1 Å². The van der Waals surface area contributed by atoms with E-state index in [2.05, 4.69) is 5.10 Å². The molecule has 1 aromatic carbocycles. The normalized spacial score (nSPS) is 18.2. The van der Waals surface area contributed by atoms with Crippen LogP contribution in [0.3, 0.4) is 0 Å². The molecule has 2 heterocycles. The van der Waals surface area contributed by atoms with Crippen LogP contribution in [0.4, 0.5) is 0 Å². The number of rotatable bonds is 2. The number of carbonyl (C=O) groups is 1. The van der Waals surface area contributed by atoms with Crippen molar-refractivity contribution in [1.29, 1.82) is 0 Å². The molecule has 0 N–H and O–H groups in total. The van der Waals surface area contributed by atoms with Crippen molar-refractivity contribution in [3.63, 3.8) is 0 Å². The minimum Gasteiger partial charge on any atom is -0.459 e. The molecule has 90 valence electrons.